The molecule has 0 spiro atoms. The molecule has 1 unspecified atom stereocenters. The van der Waals surface area contributed by atoms with Crippen molar-refractivity contribution in [2.45, 2.75) is 64.5 Å². The number of hydrogen-bond donors (Lipinski definition) is 2. The third kappa shape index (κ3) is 6.10. The van der Waals surface area contributed by atoms with E-state index in [0.29, 0.717) is 6.04 Å². The standard InChI is InChI=1S/C14H27NO2S/c1-11(2)7-10-18-9-4-8-14(3,13(16)17)15-12-5-6-12/h11-12,15H,4-10H2,1-3H3,(H,16,17). The highest BCUT2D eigenvalue weighted by atomic mass is 32.2. The summed E-state index contributed by atoms with van der Waals surface area (Å²) in [6, 6.07) is 0.444. The first kappa shape index (κ1) is 15.8. The van der Waals surface area contributed by atoms with Crippen molar-refractivity contribution in [3.63, 3.8) is 0 Å². The van der Waals surface area contributed by atoms with Gasteiger partial charge in [0, 0.05) is 6.04 Å². The minimum atomic E-state index is -0.722. The summed E-state index contributed by atoms with van der Waals surface area (Å²) in [6.07, 6.45) is 5.22. The van der Waals surface area contributed by atoms with Gasteiger partial charge in [-0.2, -0.15) is 11.8 Å². The molecule has 1 saturated carbocycles. The smallest absolute Gasteiger partial charge is 0.323 e. The van der Waals surface area contributed by atoms with Crippen molar-refractivity contribution in [2.75, 3.05) is 11.5 Å². The number of hydrogen-bond acceptors (Lipinski definition) is 3. The number of thioether (sulfide) groups is 1. The van der Waals surface area contributed by atoms with Gasteiger partial charge in [0.25, 0.3) is 0 Å². The Kier molecular flexibility index (Phi) is 6.50. The van der Waals surface area contributed by atoms with Gasteiger partial charge >= 0.3 is 5.97 Å². The quantitative estimate of drug-likeness (QED) is 0.600. The van der Waals surface area contributed by atoms with Gasteiger partial charge in [0.15, 0.2) is 0 Å². The molecular formula is C14H27NO2S. The number of nitrogens with one attached hydrogen (secondary N) is 1. The third-order valence-electron chi connectivity index (χ3n) is 3.38. The number of carbonyl (C=O) groups is 1. The Balaban J connectivity index is 2.15. The second kappa shape index (κ2) is 7.39. The van der Waals surface area contributed by atoms with E-state index in [1.807, 2.05) is 18.7 Å². The van der Waals surface area contributed by atoms with Crippen LogP contribution in [0.5, 0.6) is 0 Å². The highest BCUT2D eigenvalue weighted by Crippen LogP contribution is 2.25. The molecule has 0 aromatic heterocycles. The van der Waals surface area contributed by atoms with E-state index in [9.17, 15) is 9.90 Å². The number of carboxylic acid groups (broad SMARTS) is 1. The van der Waals surface area contributed by atoms with Crippen molar-refractivity contribution in [3.8, 4) is 0 Å². The average Bonchev–Trinajstić information content (AvgIpc) is 3.06. The average molecular weight is 273 g/mol. The SMILES string of the molecule is CC(C)CCSCCCC(C)(NC1CC1)C(=O)O. The van der Waals surface area contributed by atoms with E-state index in [2.05, 4.69) is 19.2 Å². The number of aliphatic carboxylic acids is 1. The molecule has 18 heavy (non-hydrogen) atoms. The first-order valence-corrected chi connectivity index (χ1v) is 8.18. The Bertz CT molecular complexity index is 267. The van der Waals surface area contributed by atoms with Crippen LogP contribution in [0.2, 0.25) is 0 Å². The molecule has 0 bridgehead atoms. The first-order valence-electron chi connectivity index (χ1n) is 7.03. The van der Waals surface area contributed by atoms with Crippen LogP contribution < -0.4 is 5.32 Å². The monoisotopic (exact) mass is 273 g/mol. The van der Waals surface area contributed by atoms with Gasteiger partial charge in [0.2, 0.25) is 0 Å². The van der Waals surface area contributed by atoms with Crippen LogP contribution in [0.3, 0.4) is 0 Å². The zero-order chi connectivity index (χ0) is 13.6. The Hall–Kier alpha value is -0.220. The molecule has 0 radical (unpaired) electrons. The summed E-state index contributed by atoms with van der Waals surface area (Å²) < 4.78 is 0. The Morgan fingerprint density at radius 2 is 2.11 bits per heavy atom. The van der Waals surface area contributed by atoms with Crippen LogP contribution in [-0.2, 0) is 4.79 Å². The lowest BCUT2D eigenvalue weighted by atomic mass is 9.96. The van der Waals surface area contributed by atoms with E-state index in [-0.39, 0.29) is 0 Å². The predicted molar refractivity (Wildman–Crippen MR) is 78.2 cm³/mol. The Morgan fingerprint density at radius 3 is 2.61 bits per heavy atom. The minimum absolute atomic E-state index is 0.444. The van der Waals surface area contributed by atoms with Gasteiger partial charge in [-0.15, -0.1) is 0 Å². The minimum Gasteiger partial charge on any atom is -0.480 e. The second-order valence-electron chi connectivity index (χ2n) is 5.95. The van der Waals surface area contributed by atoms with E-state index < -0.39 is 11.5 Å². The van der Waals surface area contributed by atoms with Gasteiger partial charge in [-0.3, -0.25) is 10.1 Å². The van der Waals surface area contributed by atoms with Gasteiger partial charge in [-0.25, -0.2) is 0 Å². The maximum atomic E-state index is 11.3. The third-order valence-corrected chi connectivity index (χ3v) is 4.48. The molecule has 106 valence electrons. The van der Waals surface area contributed by atoms with Crippen LogP contribution in [-0.4, -0.2) is 34.2 Å². The van der Waals surface area contributed by atoms with Gasteiger partial charge in [0.1, 0.15) is 5.54 Å². The van der Waals surface area contributed by atoms with Crippen LogP contribution in [0, 0.1) is 5.92 Å². The van der Waals surface area contributed by atoms with Crippen LogP contribution in [0.25, 0.3) is 0 Å². The summed E-state index contributed by atoms with van der Waals surface area (Å²) >= 11 is 1.95. The highest BCUT2D eigenvalue weighted by Gasteiger charge is 2.37. The van der Waals surface area contributed by atoms with Crippen molar-refractivity contribution in [3.05, 3.63) is 0 Å². The lowest BCUT2D eigenvalue weighted by Gasteiger charge is -2.26. The predicted octanol–water partition coefficient (Wildman–Crippen LogP) is 3.14. The summed E-state index contributed by atoms with van der Waals surface area (Å²) in [6.45, 7) is 6.30. The van der Waals surface area contributed by atoms with Crippen molar-refractivity contribution >= 4 is 17.7 Å². The van der Waals surface area contributed by atoms with Crippen LogP contribution >= 0.6 is 11.8 Å². The molecule has 0 aliphatic heterocycles. The molecule has 4 heteroatoms. The molecule has 0 aromatic carbocycles. The van der Waals surface area contributed by atoms with Gasteiger partial charge < -0.3 is 5.11 Å². The zero-order valence-corrected chi connectivity index (χ0v) is 12.7. The van der Waals surface area contributed by atoms with E-state index in [0.717, 1.165) is 37.4 Å². The van der Waals surface area contributed by atoms with Crippen LogP contribution in [0.15, 0.2) is 0 Å². The van der Waals surface area contributed by atoms with E-state index in [1.54, 1.807) is 0 Å². The fraction of sp³-hybridized carbons (Fsp3) is 0.929. The Morgan fingerprint density at radius 1 is 1.44 bits per heavy atom. The van der Waals surface area contributed by atoms with Crippen molar-refractivity contribution in [2.24, 2.45) is 5.92 Å². The second-order valence-corrected chi connectivity index (χ2v) is 7.18. The fourth-order valence-corrected chi connectivity index (χ4v) is 3.06. The lowest BCUT2D eigenvalue weighted by Crippen LogP contribution is -2.50. The highest BCUT2D eigenvalue weighted by molar-refractivity contribution is 7.99. The Labute approximate surface area is 115 Å². The van der Waals surface area contributed by atoms with Crippen molar-refractivity contribution in [1.29, 1.82) is 0 Å². The van der Waals surface area contributed by atoms with Gasteiger partial charge in [-0.1, -0.05) is 13.8 Å². The summed E-state index contributed by atoms with van der Waals surface area (Å²) in [5.74, 6) is 2.32. The topological polar surface area (TPSA) is 49.3 Å². The summed E-state index contributed by atoms with van der Waals surface area (Å²) in [7, 11) is 0. The summed E-state index contributed by atoms with van der Waals surface area (Å²) in [5.41, 5.74) is -0.722. The maximum Gasteiger partial charge on any atom is 0.323 e. The molecule has 2 N–H and O–H groups in total. The van der Waals surface area contributed by atoms with E-state index in [1.165, 1.54) is 12.2 Å². The maximum absolute atomic E-state index is 11.3. The largest absolute Gasteiger partial charge is 0.480 e. The van der Waals surface area contributed by atoms with Crippen molar-refractivity contribution in [1.82, 2.24) is 5.32 Å². The molecule has 0 amide bonds. The van der Waals surface area contributed by atoms with E-state index in [4.69, 9.17) is 0 Å². The molecule has 3 nitrogen and oxygen atoms in total. The molecular weight excluding hydrogens is 246 g/mol. The van der Waals surface area contributed by atoms with Crippen molar-refractivity contribution < 1.29 is 9.90 Å². The molecule has 1 aliphatic carbocycles. The van der Waals surface area contributed by atoms with Crippen LogP contribution in [0.1, 0.15) is 52.9 Å². The number of rotatable bonds is 10. The first-order chi connectivity index (χ1) is 8.44. The normalized spacial score (nSPS) is 18.9. The molecule has 1 atom stereocenters. The fourth-order valence-electron chi connectivity index (χ4n) is 1.87. The zero-order valence-electron chi connectivity index (χ0n) is 11.9. The lowest BCUT2D eigenvalue weighted by molar-refractivity contribution is -0.144. The summed E-state index contributed by atoms with van der Waals surface area (Å²) in [4.78, 5) is 11.3. The molecule has 0 heterocycles. The molecule has 0 saturated heterocycles. The molecule has 0 aromatic rings. The molecule has 1 fully saturated rings. The van der Waals surface area contributed by atoms with Gasteiger partial charge in [0.05, 0.1) is 0 Å². The molecule has 1 rings (SSSR count). The summed E-state index contributed by atoms with van der Waals surface area (Å²) in [5, 5.41) is 12.6. The van der Waals surface area contributed by atoms with E-state index >= 15 is 0 Å². The van der Waals surface area contributed by atoms with Crippen LogP contribution in [0.4, 0.5) is 0 Å². The van der Waals surface area contributed by atoms with Gasteiger partial charge in [-0.05, 0) is 56.5 Å². The molecule has 1 aliphatic rings. The number of carboxylic acids is 1.